The van der Waals surface area contributed by atoms with Crippen LogP contribution in [0, 0.1) is 18.3 Å². The number of aryl methyl sites for hydroxylation is 2. The van der Waals surface area contributed by atoms with Crippen LogP contribution in [-0.2, 0) is 12.8 Å². The molecule has 1 heterocycles. The van der Waals surface area contributed by atoms with Crippen molar-refractivity contribution >= 4 is 5.91 Å². The Morgan fingerprint density at radius 2 is 2.00 bits per heavy atom. The summed E-state index contributed by atoms with van der Waals surface area (Å²) in [5.74, 6) is 2.48. The third-order valence-corrected chi connectivity index (χ3v) is 6.18. The lowest BCUT2D eigenvalue weighted by molar-refractivity contribution is 0.0899. The second-order valence-corrected chi connectivity index (χ2v) is 7.89. The van der Waals surface area contributed by atoms with Gasteiger partial charge in [-0.25, -0.2) is 0 Å². The minimum atomic E-state index is 0.217. The van der Waals surface area contributed by atoms with Gasteiger partial charge in [-0.15, -0.1) is 0 Å². The van der Waals surface area contributed by atoms with E-state index in [2.05, 4.69) is 27.0 Å². The first-order valence-electron chi connectivity index (χ1n) is 8.80. The zero-order chi connectivity index (χ0) is 17.1. The number of nitrogens with zero attached hydrogens (tertiary/aromatic N) is 1. The molecule has 126 valence electrons. The van der Waals surface area contributed by atoms with Crippen LogP contribution in [0.15, 0.2) is 30.5 Å². The Balaban J connectivity index is 1.48. The molecule has 1 fully saturated rings. The Morgan fingerprint density at radius 1 is 1.29 bits per heavy atom. The van der Waals surface area contributed by atoms with E-state index in [9.17, 15) is 4.79 Å². The van der Waals surface area contributed by atoms with Gasteiger partial charge in [0, 0.05) is 18.3 Å². The lowest BCUT2D eigenvalue weighted by Crippen LogP contribution is -2.15. The van der Waals surface area contributed by atoms with Gasteiger partial charge in [-0.05, 0) is 65.8 Å². The summed E-state index contributed by atoms with van der Waals surface area (Å²) >= 11 is 0. The van der Waals surface area contributed by atoms with Crippen molar-refractivity contribution in [3.8, 4) is 5.75 Å². The molecular weight excluding hydrogens is 298 g/mol. The van der Waals surface area contributed by atoms with Crippen LogP contribution < -0.4 is 4.74 Å². The van der Waals surface area contributed by atoms with Gasteiger partial charge in [0.1, 0.15) is 5.75 Å². The fraction of sp³-hybridized carbons (Fsp3) is 0.476. The van der Waals surface area contributed by atoms with Crippen molar-refractivity contribution in [1.82, 2.24) is 4.57 Å². The summed E-state index contributed by atoms with van der Waals surface area (Å²) < 4.78 is 7.12. The number of aromatic nitrogens is 1. The first kappa shape index (κ1) is 15.5. The molecule has 0 N–H and O–H groups in total. The number of hydrogen-bond acceptors (Lipinski definition) is 2. The van der Waals surface area contributed by atoms with Crippen LogP contribution in [0.3, 0.4) is 0 Å². The van der Waals surface area contributed by atoms with E-state index >= 15 is 0 Å². The molecule has 1 saturated carbocycles. The largest absolute Gasteiger partial charge is 0.497 e. The van der Waals surface area contributed by atoms with Gasteiger partial charge in [-0.3, -0.25) is 9.36 Å². The summed E-state index contributed by atoms with van der Waals surface area (Å²) in [7, 11) is 1.67. The number of ether oxygens (including phenoxy) is 1. The van der Waals surface area contributed by atoms with Crippen LogP contribution in [-0.4, -0.2) is 17.6 Å². The SMILES string of the molecule is COc1ccc(CCC(=O)n2cc(C)c3c2C[C@@H]2[C@H]3C2(C)C)cc1. The van der Waals surface area contributed by atoms with Gasteiger partial charge in [0.25, 0.3) is 0 Å². The first-order chi connectivity index (χ1) is 11.4. The molecule has 0 aliphatic heterocycles. The molecule has 0 bridgehead atoms. The fourth-order valence-corrected chi connectivity index (χ4v) is 4.62. The van der Waals surface area contributed by atoms with E-state index in [0.717, 1.165) is 24.5 Å². The van der Waals surface area contributed by atoms with E-state index in [1.807, 2.05) is 28.8 Å². The number of carbonyl (C=O) groups is 1. The molecule has 2 aliphatic rings. The van der Waals surface area contributed by atoms with Crippen LogP contribution in [0.5, 0.6) is 5.75 Å². The molecule has 3 heteroatoms. The van der Waals surface area contributed by atoms with Crippen molar-refractivity contribution < 1.29 is 9.53 Å². The maximum absolute atomic E-state index is 12.7. The predicted molar refractivity (Wildman–Crippen MR) is 94.8 cm³/mol. The lowest BCUT2D eigenvalue weighted by atomic mass is 9.97. The summed E-state index contributed by atoms with van der Waals surface area (Å²) in [5, 5.41) is 0. The van der Waals surface area contributed by atoms with Crippen LogP contribution in [0.2, 0.25) is 0 Å². The van der Waals surface area contributed by atoms with Gasteiger partial charge in [0.15, 0.2) is 0 Å². The van der Waals surface area contributed by atoms with Crippen molar-refractivity contribution in [2.75, 3.05) is 7.11 Å². The first-order valence-corrected chi connectivity index (χ1v) is 8.80. The molecule has 4 rings (SSSR count). The van der Waals surface area contributed by atoms with Crippen molar-refractivity contribution in [2.24, 2.45) is 11.3 Å². The normalized spacial score (nSPS) is 22.8. The van der Waals surface area contributed by atoms with Crippen LogP contribution in [0.1, 0.15) is 53.4 Å². The van der Waals surface area contributed by atoms with Gasteiger partial charge in [-0.2, -0.15) is 0 Å². The molecule has 0 amide bonds. The number of carbonyl (C=O) groups excluding carboxylic acids is 1. The summed E-state index contributed by atoms with van der Waals surface area (Å²) in [5.41, 5.74) is 5.63. The van der Waals surface area contributed by atoms with Crippen molar-refractivity contribution in [2.45, 2.75) is 46.0 Å². The fourth-order valence-electron chi connectivity index (χ4n) is 4.62. The molecule has 2 atom stereocenters. The molecular formula is C21H25NO2. The van der Waals surface area contributed by atoms with E-state index in [4.69, 9.17) is 4.74 Å². The number of fused-ring (bicyclic) bond motifs is 3. The molecule has 1 aromatic carbocycles. The molecule has 0 unspecified atom stereocenters. The summed E-state index contributed by atoms with van der Waals surface area (Å²) in [6, 6.07) is 7.98. The Hall–Kier alpha value is -2.03. The standard InChI is InChI=1S/C21H25NO2/c1-13-12-22(17-11-16-20(19(13)17)21(16,2)3)18(23)10-7-14-5-8-15(24-4)9-6-14/h5-6,8-9,12,16,20H,7,10-11H2,1-4H3/t16-,20-/m1/s1. The Labute approximate surface area is 143 Å². The number of benzene rings is 1. The zero-order valence-electron chi connectivity index (χ0n) is 14.9. The zero-order valence-corrected chi connectivity index (χ0v) is 14.9. The van der Waals surface area contributed by atoms with Crippen LogP contribution in [0.4, 0.5) is 0 Å². The predicted octanol–water partition coefficient (Wildman–Crippen LogP) is 4.37. The van der Waals surface area contributed by atoms with Crippen molar-refractivity contribution in [3.05, 3.63) is 52.8 Å². The molecule has 3 nitrogen and oxygen atoms in total. The molecule has 1 aromatic heterocycles. The van der Waals surface area contributed by atoms with Gasteiger partial charge in [0.05, 0.1) is 7.11 Å². The third kappa shape index (κ3) is 2.21. The van der Waals surface area contributed by atoms with Crippen LogP contribution in [0.25, 0.3) is 0 Å². The smallest absolute Gasteiger partial charge is 0.231 e. The number of methoxy groups -OCH3 is 1. The monoisotopic (exact) mass is 323 g/mol. The Bertz CT molecular complexity index is 798. The molecule has 2 aliphatic carbocycles. The highest BCUT2D eigenvalue weighted by Gasteiger charge is 2.63. The highest BCUT2D eigenvalue weighted by molar-refractivity contribution is 5.81. The molecule has 0 radical (unpaired) electrons. The van der Waals surface area contributed by atoms with Gasteiger partial charge in [0.2, 0.25) is 5.91 Å². The third-order valence-electron chi connectivity index (χ3n) is 6.18. The minimum Gasteiger partial charge on any atom is -0.497 e. The average Bonchev–Trinajstić information content (AvgIpc) is 2.92. The number of rotatable bonds is 4. The average molecular weight is 323 g/mol. The molecule has 2 aromatic rings. The summed E-state index contributed by atoms with van der Waals surface area (Å²) in [4.78, 5) is 12.7. The highest BCUT2D eigenvalue weighted by Crippen LogP contribution is 2.70. The number of hydrogen-bond donors (Lipinski definition) is 0. The van der Waals surface area contributed by atoms with Crippen LogP contribution >= 0.6 is 0 Å². The minimum absolute atomic E-state index is 0.217. The van der Waals surface area contributed by atoms with Gasteiger partial charge < -0.3 is 4.74 Å². The van der Waals surface area contributed by atoms with Crippen molar-refractivity contribution in [1.29, 1.82) is 0 Å². The summed E-state index contributed by atoms with van der Waals surface area (Å²) in [6.45, 7) is 6.87. The molecule has 24 heavy (non-hydrogen) atoms. The highest BCUT2D eigenvalue weighted by atomic mass is 16.5. The second-order valence-electron chi connectivity index (χ2n) is 7.89. The maximum atomic E-state index is 12.7. The quantitative estimate of drug-likeness (QED) is 0.836. The van der Waals surface area contributed by atoms with E-state index in [1.54, 1.807) is 7.11 Å². The Morgan fingerprint density at radius 3 is 2.67 bits per heavy atom. The topological polar surface area (TPSA) is 31.2 Å². The van der Waals surface area contributed by atoms with E-state index in [0.29, 0.717) is 17.8 Å². The molecule has 0 saturated heterocycles. The van der Waals surface area contributed by atoms with Gasteiger partial charge >= 0.3 is 0 Å². The lowest BCUT2D eigenvalue weighted by Gasteiger charge is -2.12. The second kappa shape index (κ2) is 5.23. The molecule has 0 spiro atoms. The maximum Gasteiger partial charge on any atom is 0.231 e. The van der Waals surface area contributed by atoms with E-state index < -0.39 is 0 Å². The Kier molecular flexibility index (Phi) is 3.38. The van der Waals surface area contributed by atoms with Crippen molar-refractivity contribution in [3.63, 3.8) is 0 Å². The van der Waals surface area contributed by atoms with Gasteiger partial charge in [-0.1, -0.05) is 26.0 Å². The summed E-state index contributed by atoms with van der Waals surface area (Å²) in [6.07, 6.45) is 4.44. The van der Waals surface area contributed by atoms with E-state index in [1.165, 1.54) is 22.4 Å². The van der Waals surface area contributed by atoms with E-state index in [-0.39, 0.29) is 5.91 Å².